The molecule has 1 heterocycles. The van der Waals surface area contributed by atoms with E-state index in [1.54, 1.807) is 0 Å². The van der Waals surface area contributed by atoms with Gasteiger partial charge >= 0.3 is 0 Å². The molecular formula is C14H25NO2. The molecule has 0 spiro atoms. The summed E-state index contributed by atoms with van der Waals surface area (Å²) in [6, 6.07) is 4.04. The first-order valence-electron chi connectivity index (χ1n) is 6.38. The molecule has 0 fully saturated rings. The van der Waals surface area contributed by atoms with Crippen LogP contribution in [0.25, 0.3) is 0 Å². The van der Waals surface area contributed by atoms with E-state index in [0.717, 1.165) is 31.0 Å². The largest absolute Gasteiger partial charge is 0.466 e. The van der Waals surface area contributed by atoms with E-state index < -0.39 is 0 Å². The summed E-state index contributed by atoms with van der Waals surface area (Å²) in [4.78, 5) is 0. The van der Waals surface area contributed by atoms with E-state index in [-0.39, 0.29) is 12.0 Å². The highest BCUT2D eigenvalue weighted by Gasteiger charge is 2.24. The SMILES string of the molecule is CCC(CO)CNCC(C)(C)c1ccc(C)o1. The Kier molecular flexibility index (Phi) is 5.22. The Bertz CT molecular complexity index is 327. The lowest BCUT2D eigenvalue weighted by Crippen LogP contribution is -2.36. The highest BCUT2D eigenvalue weighted by Crippen LogP contribution is 2.24. The van der Waals surface area contributed by atoms with Crippen LogP contribution in [0.3, 0.4) is 0 Å². The predicted molar refractivity (Wildman–Crippen MR) is 70.2 cm³/mol. The molecule has 3 nitrogen and oxygen atoms in total. The fraction of sp³-hybridized carbons (Fsp3) is 0.714. The Labute approximate surface area is 104 Å². The van der Waals surface area contributed by atoms with E-state index in [2.05, 4.69) is 26.1 Å². The summed E-state index contributed by atoms with van der Waals surface area (Å²) in [7, 11) is 0. The topological polar surface area (TPSA) is 45.4 Å². The average molecular weight is 239 g/mol. The van der Waals surface area contributed by atoms with Crippen LogP contribution >= 0.6 is 0 Å². The summed E-state index contributed by atoms with van der Waals surface area (Å²) in [5, 5.41) is 12.5. The maximum absolute atomic E-state index is 9.12. The second kappa shape index (κ2) is 6.22. The van der Waals surface area contributed by atoms with E-state index >= 15 is 0 Å². The van der Waals surface area contributed by atoms with Crippen molar-refractivity contribution in [3.05, 3.63) is 23.7 Å². The van der Waals surface area contributed by atoms with Gasteiger partial charge in [0.15, 0.2) is 0 Å². The van der Waals surface area contributed by atoms with Crippen LogP contribution in [-0.2, 0) is 5.41 Å². The molecule has 17 heavy (non-hydrogen) atoms. The third-order valence-corrected chi connectivity index (χ3v) is 3.24. The first-order valence-corrected chi connectivity index (χ1v) is 6.38. The van der Waals surface area contributed by atoms with Gasteiger partial charge in [0.05, 0.1) is 0 Å². The lowest BCUT2D eigenvalue weighted by molar-refractivity contribution is 0.215. The summed E-state index contributed by atoms with van der Waals surface area (Å²) in [5.74, 6) is 2.32. The number of furan rings is 1. The maximum atomic E-state index is 9.12. The van der Waals surface area contributed by atoms with Crippen LogP contribution in [0, 0.1) is 12.8 Å². The Morgan fingerprint density at radius 3 is 2.59 bits per heavy atom. The first kappa shape index (κ1) is 14.3. The van der Waals surface area contributed by atoms with Crippen molar-refractivity contribution in [1.82, 2.24) is 5.32 Å². The number of nitrogens with one attached hydrogen (secondary N) is 1. The van der Waals surface area contributed by atoms with Gasteiger partial charge in [-0.05, 0) is 31.4 Å². The van der Waals surface area contributed by atoms with Gasteiger partial charge in [-0.25, -0.2) is 0 Å². The molecule has 98 valence electrons. The molecule has 1 aromatic heterocycles. The zero-order valence-electron chi connectivity index (χ0n) is 11.4. The first-order chi connectivity index (χ1) is 7.99. The molecule has 1 unspecified atom stereocenters. The quantitative estimate of drug-likeness (QED) is 0.768. The van der Waals surface area contributed by atoms with E-state index in [9.17, 15) is 0 Å². The van der Waals surface area contributed by atoms with Crippen LogP contribution in [0.4, 0.5) is 0 Å². The van der Waals surface area contributed by atoms with Gasteiger partial charge in [0.25, 0.3) is 0 Å². The normalized spacial score (nSPS) is 13.9. The van der Waals surface area contributed by atoms with Crippen molar-refractivity contribution in [2.24, 2.45) is 5.92 Å². The molecule has 1 aromatic rings. The molecule has 0 aromatic carbocycles. The van der Waals surface area contributed by atoms with Crippen molar-refractivity contribution in [2.75, 3.05) is 19.7 Å². The zero-order valence-corrected chi connectivity index (χ0v) is 11.4. The second-order valence-electron chi connectivity index (χ2n) is 5.38. The summed E-state index contributed by atoms with van der Waals surface area (Å²) in [5.41, 5.74) is -0.0119. The number of aliphatic hydroxyl groups is 1. The Hall–Kier alpha value is -0.800. The molecule has 1 rings (SSSR count). The minimum absolute atomic E-state index is 0.0119. The van der Waals surface area contributed by atoms with E-state index in [1.807, 2.05) is 19.1 Å². The highest BCUT2D eigenvalue weighted by molar-refractivity contribution is 5.15. The van der Waals surface area contributed by atoms with Gasteiger partial charge in [-0.1, -0.05) is 20.8 Å². The third kappa shape index (κ3) is 4.17. The second-order valence-corrected chi connectivity index (χ2v) is 5.38. The van der Waals surface area contributed by atoms with Crippen molar-refractivity contribution < 1.29 is 9.52 Å². The molecule has 0 aliphatic carbocycles. The van der Waals surface area contributed by atoms with Gasteiger partial charge in [-0.2, -0.15) is 0 Å². The molecular weight excluding hydrogens is 214 g/mol. The number of aliphatic hydroxyl groups excluding tert-OH is 1. The van der Waals surface area contributed by atoms with Gasteiger partial charge in [-0.15, -0.1) is 0 Å². The van der Waals surface area contributed by atoms with E-state index in [0.29, 0.717) is 5.92 Å². The Morgan fingerprint density at radius 1 is 1.41 bits per heavy atom. The van der Waals surface area contributed by atoms with Crippen molar-refractivity contribution in [1.29, 1.82) is 0 Å². The lowest BCUT2D eigenvalue weighted by Gasteiger charge is -2.24. The molecule has 1 atom stereocenters. The van der Waals surface area contributed by atoms with Crippen LogP contribution in [0.2, 0.25) is 0 Å². The number of aryl methyl sites for hydroxylation is 1. The number of hydrogen-bond acceptors (Lipinski definition) is 3. The molecule has 0 aliphatic rings. The van der Waals surface area contributed by atoms with E-state index in [4.69, 9.17) is 9.52 Å². The molecule has 0 bridgehead atoms. The smallest absolute Gasteiger partial charge is 0.111 e. The van der Waals surface area contributed by atoms with Crippen molar-refractivity contribution >= 4 is 0 Å². The molecule has 0 amide bonds. The van der Waals surface area contributed by atoms with Crippen molar-refractivity contribution in [3.63, 3.8) is 0 Å². The fourth-order valence-electron chi connectivity index (χ4n) is 1.81. The Balaban J connectivity index is 2.44. The predicted octanol–water partition coefficient (Wildman–Crippen LogP) is 2.47. The van der Waals surface area contributed by atoms with Crippen molar-refractivity contribution in [2.45, 2.75) is 39.5 Å². The van der Waals surface area contributed by atoms with Gasteiger partial charge in [0, 0.05) is 25.1 Å². The van der Waals surface area contributed by atoms with Crippen LogP contribution in [-0.4, -0.2) is 24.8 Å². The van der Waals surface area contributed by atoms with Gasteiger partial charge in [-0.3, -0.25) is 0 Å². The number of rotatable bonds is 7. The molecule has 0 aliphatic heterocycles. The van der Waals surface area contributed by atoms with Crippen LogP contribution < -0.4 is 5.32 Å². The standard InChI is InChI=1S/C14H25NO2/c1-5-12(9-16)8-15-10-14(3,4)13-7-6-11(2)17-13/h6-7,12,15-16H,5,8-10H2,1-4H3. The van der Waals surface area contributed by atoms with Crippen molar-refractivity contribution in [3.8, 4) is 0 Å². The van der Waals surface area contributed by atoms with Crippen LogP contribution in [0.15, 0.2) is 16.5 Å². The minimum atomic E-state index is -0.0119. The zero-order chi connectivity index (χ0) is 12.9. The van der Waals surface area contributed by atoms with Gasteiger partial charge in [0.1, 0.15) is 11.5 Å². The molecule has 0 saturated carbocycles. The number of hydrogen-bond donors (Lipinski definition) is 2. The van der Waals surface area contributed by atoms with Gasteiger partial charge < -0.3 is 14.8 Å². The summed E-state index contributed by atoms with van der Waals surface area (Å²) >= 11 is 0. The Morgan fingerprint density at radius 2 is 2.12 bits per heavy atom. The highest BCUT2D eigenvalue weighted by atomic mass is 16.3. The fourth-order valence-corrected chi connectivity index (χ4v) is 1.81. The lowest BCUT2D eigenvalue weighted by atomic mass is 9.90. The monoisotopic (exact) mass is 239 g/mol. The minimum Gasteiger partial charge on any atom is -0.466 e. The third-order valence-electron chi connectivity index (χ3n) is 3.24. The molecule has 0 saturated heterocycles. The maximum Gasteiger partial charge on any atom is 0.111 e. The summed E-state index contributed by atoms with van der Waals surface area (Å²) in [6.45, 7) is 10.4. The molecule has 3 heteroatoms. The van der Waals surface area contributed by atoms with Crippen LogP contribution in [0.5, 0.6) is 0 Å². The van der Waals surface area contributed by atoms with Crippen LogP contribution in [0.1, 0.15) is 38.7 Å². The van der Waals surface area contributed by atoms with Gasteiger partial charge in [0.2, 0.25) is 0 Å². The van der Waals surface area contributed by atoms with E-state index in [1.165, 1.54) is 0 Å². The molecule has 2 N–H and O–H groups in total. The average Bonchev–Trinajstić information content (AvgIpc) is 2.72. The molecule has 0 radical (unpaired) electrons. The summed E-state index contributed by atoms with van der Waals surface area (Å²) in [6.07, 6.45) is 1.00. The summed E-state index contributed by atoms with van der Waals surface area (Å²) < 4.78 is 5.67.